The van der Waals surface area contributed by atoms with Gasteiger partial charge in [0.05, 0.1) is 19.8 Å². The number of nitrogens with one attached hydrogen (secondary N) is 3. The second-order valence-corrected chi connectivity index (χ2v) is 7.75. The third kappa shape index (κ3) is 7.50. The molecule has 0 unspecified atom stereocenters. The minimum atomic E-state index is -0.0107. The van der Waals surface area contributed by atoms with Crippen molar-refractivity contribution in [3.8, 4) is 0 Å². The number of carbonyl (C=O) groups excluding carboxylic acids is 1. The van der Waals surface area contributed by atoms with Crippen molar-refractivity contribution in [2.45, 2.75) is 32.7 Å². The molecule has 2 aliphatic rings. The number of morpholine rings is 1. The second-order valence-electron chi connectivity index (χ2n) is 7.75. The number of ether oxygens (including phenoxy) is 1. The lowest BCUT2D eigenvalue weighted by molar-refractivity contribution is 0.0376. The zero-order valence-electron chi connectivity index (χ0n) is 18.2. The fourth-order valence-electron chi connectivity index (χ4n) is 3.72. The Kier molecular flexibility index (Phi) is 9.24. The van der Waals surface area contributed by atoms with Gasteiger partial charge in [-0.05, 0) is 50.4 Å². The van der Waals surface area contributed by atoms with Crippen molar-refractivity contribution >= 4 is 17.7 Å². The predicted molar refractivity (Wildman–Crippen MR) is 121 cm³/mol. The number of amides is 2. The fraction of sp³-hybridized carbons (Fsp3) is 0.636. The molecule has 30 heavy (non-hydrogen) atoms. The van der Waals surface area contributed by atoms with Crippen LogP contribution in [-0.4, -0.2) is 80.8 Å². The molecule has 2 fully saturated rings. The normalized spacial score (nSPS) is 17.8. The highest BCUT2D eigenvalue weighted by atomic mass is 16.5. The average Bonchev–Trinajstić information content (AvgIpc) is 3.31. The number of rotatable bonds is 8. The number of hydrogen-bond donors (Lipinski definition) is 3. The van der Waals surface area contributed by atoms with Crippen LogP contribution in [0.5, 0.6) is 0 Å². The van der Waals surface area contributed by atoms with Crippen molar-refractivity contribution in [1.82, 2.24) is 20.4 Å². The lowest BCUT2D eigenvalue weighted by atomic mass is 10.2. The number of hydrogen-bond acceptors (Lipinski definition) is 4. The Labute approximate surface area is 180 Å². The van der Waals surface area contributed by atoms with Crippen LogP contribution in [0.1, 0.15) is 31.7 Å². The summed E-state index contributed by atoms with van der Waals surface area (Å²) in [5.41, 5.74) is 1.89. The molecule has 8 heteroatoms. The van der Waals surface area contributed by atoms with Gasteiger partial charge in [0.2, 0.25) is 0 Å². The van der Waals surface area contributed by atoms with Gasteiger partial charge in [-0.1, -0.05) is 12.1 Å². The molecule has 0 saturated carbocycles. The molecule has 0 aliphatic carbocycles. The van der Waals surface area contributed by atoms with Crippen LogP contribution >= 0.6 is 0 Å². The minimum Gasteiger partial charge on any atom is -0.379 e. The number of carbonyl (C=O) groups is 1. The van der Waals surface area contributed by atoms with Gasteiger partial charge in [0.1, 0.15) is 0 Å². The highest BCUT2D eigenvalue weighted by Gasteiger charge is 2.17. The Morgan fingerprint density at radius 2 is 1.93 bits per heavy atom. The van der Waals surface area contributed by atoms with Gasteiger partial charge in [0.25, 0.3) is 0 Å². The summed E-state index contributed by atoms with van der Waals surface area (Å²) in [5, 5.41) is 9.73. The SMILES string of the molecule is CCNC(=NCc1cccc(NC(=O)N2CCCC2)c1)NCCCN1CCOCC1. The Morgan fingerprint density at radius 3 is 2.70 bits per heavy atom. The number of aliphatic imine (C=N–C) groups is 1. The lowest BCUT2D eigenvalue weighted by Crippen LogP contribution is -2.40. The highest BCUT2D eigenvalue weighted by molar-refractivity contribution is 5.89. The van der Waals surface area contributed by atoms with E-state index in [-0.39, 0.29) is 6.03 Å². The Hall–Kier alpha value is -2.32. The largest absolute Gasteiger partial charge is 0.379 e. The van der Waals surface area contributed by atoms with E-state index >= 15 is 0 Å². The summed E-state index contributed by atoms with van der Waals surface area (Å²) in [4.78, 5) is 21.3. The predicted octanol–water partition coefficient (Wildman–Crippen LogP) is 2.09. The summed E-state index contributed by atoms with van der Waals surface area (Å²) in [6.07, 6.45) is 3.26. The summed E-state index contributed by atoms with van der Waals surface area (Å²) in [6, 6.07) is 7.92. The first-order chi connectivity index (χ1) is 14.7. The second kappa shape index (κ2) is 12.4. The van der Waals surface area contributed by atoms with Crippen LogP contribution < -0.4 is 16.0 Å². The number of benzene rings is 1. The van der Waals surface area contributed by atoms with E-state index in [0.717, 1.165) is 95.5 Å². The van der Waals surface area contributed by atoms with Crippen molar-refractivity contribution in [3.63, 3.8) is 0 Å². The molecule has 2 heterocycles. The van der Waals surface area contributed by atoms with Crippen molar-refractivity contribution in [3.05, 3.63) is 29.8 Å². The molecule has 3 rings (SSSR count). The molecule has 8 nitrogen and oxygen atoms in total. The first-order valence-electron chi connectivity index (χ1n) is 11.2. The number of urea groups is 1. The Morgan fingerprint density at radius 1 is 1.13 bits per heavy atom. The molecule has 2 saturated heterocycles. The molecule has 3 N–H and O–H groups in total. The van der Waals surface area contributed by atoms with E-state index in [2.05, 4.69) is 27.8 Å². The summed E-state index contributed by atoms with van der Waals surface area (Å²) >= 11 is 0. The fourth-order valence-corrected chi connectivity index (χ4v) is 3.72. The van der Waals surface area contributed by atoms with Gasteiger partial charge in [-0.25, -0.2) is 9.79 Å². The van der Waals surface area contributed by atoms with Crippen LogP contribution in [0, 0.1) is 0 Å². The number of nitrogens with zero attached hydrogens (tertiary/aromatic N) is 3. The van der Waals surface area contributed by atoms with E-state index in [1.807, 2.05) is 29.2 Å². The van der Waals surface area contributed by atoms with Crippen molar-refractivity contribution in [2.24, 2.45) is 4.99 Å². The molecular formula is C22H36N6O2. The minimum absolute atomic E-state index is 0.0107. The van der Waals surface area contributed by atoms with Crippen LogP contribution in [-0.2, 0) is 11.3 Å². The van der Waals surface area contributed by atoms with Gasteiger partial charge in [0, 0.05) is 45.0 Å². The molecule has 166 valence electrons. The molecule has 0 spiro atoms. The molecule has 1 aromatic carbocycles. The summed E-state index contributed by atoms with van der Waals surface area (Å²) < 4.78 is 5.39. The maximum Gasteiger partial charge on any atom is 0.321 e. The summed E-state index contributed by atoms with van der Waals surface area (Å²) in [6.45, 7) is 10.8. The van der Waals surface area contributed by atoms with Crippen LogP contribution in [0.4, 0.5) is 10.5 Å². The molecule has 2 amide bonds. The molecular weight excluding hydrogens is 380 g/mol. The van der Waals surface area contributed by atoms with Crippen LogP contribution in [0.25, 0.3) is 0 Å². The number of anilines is 1. The van der Waals surface area contributed by atoms with Crippen LogP contribution in [0.3, 0.4) is 0 Å². The maximum atomic E-state index is 12.3. The third-order valence-electron chi connectivity index (χ3n) is 5.38. The standard InChI is InChI=1S/C22H36N6O2/c1-2-23-21(24-9-6-10-27-13-15-30-16-14-27)25-18-19-7-5-8-20(17-19)26-22(29)28-11-3-4-12-28/h5,7-8,17H,2-4,6,9-16,18H2,1H3,(H,26,29)(H2,23,24,25). The molecule has 0 bridgehead atoms. The number of likely N-dealkylation sites (tertiary alicyclic amines) is 1. The summed E-state index contributed by atoms with van der Waals surface area (Å²) in [5.74, 6) is 0.825. The van der Waals surface area contributed by atoms with E-state index < -0.39 is 0 Å². The van der Waals surface area contributed by atoms with Gasteiger partial charge in [-0.2, -0.15) is 0 Å². The van der Waals surface area contributed by atoms with E-state index in [0.29, 0.717) is 6.54 Å². The zero-order chi connectivity index (χ0) is 21.0. The monoisotopic (exact) mass is 416 g/mol. The molecule has 0 atom stereocenters. The van der Waals surface area contributed by atoms with Crippen LogP contribution in [0.2, 0.25) is 0 Å². The van der Waals surface area contributed by atoms with Gasteiger partial charge in [0.15, 0.2) is 5.96 Å². The molecule has 0 radical (unpaired) electrons. The van der Waals surface area contributed by atoms with Crippen molar-refractivity contribution in [2.75, 3.05) is 64.3 Å². The van der Waals surface area contributed by atoms with Gasteiger partial charge in [-0.3, -0.25) is 4.90 Å². The van der Waals surface area contributed by atoms with E-state index in [1.165, 1.54) is 0 Å². The average molecular weight is 417 g/mol. The van der Waals surface area contributed by atoms with Crippen LogP contribution in [0.15, 0.2) is 29.3 Å². The smallest absolute Gasteiger partial charge is 0.321 e. The summed E-state index contributed by atoms with van der Waals surface area (Å²) in [7, 11) is 0. The number of guanidine groups is 1. The molecule has 2 aliphatic heterocycles. The topological polar surface area (TPSA) is 81.2 Å². The lowest BCUT2D eigenvalue weighted by Gasteiger charge is -2.26. The first kappa shape index (κ1) is 22.4. The van der Waals surface area contributed by atoms with Crippen molar-refractivity contribution in [1.29, 1.82) is 0 Å². The van der Waals surface area contributed by atoms with Gasteiger partial charge < -0.3 is 25.6 Å². The quantitative estimate of drug-likeness (QED) is 0.344. The van der Waals surface area contributed by atoms with Crippen molar-refractivity contribution < 1.29 is 9.53 Å². The maximum absolute atomic E-state index is 12.3. The molecule has 1 aromatic rings. The first-order valence-corrected chi connectivity index (χ1v) is 11.2. The van der Waals surface area contributed by atoms with Gasteiger partial charge in [-0.15, -0.1) is 0 Å². The Bertz CT molecular complexity index is 684. The van der Waals surface area contributed by atoms with E-state index in [4.69, 9.17) is 9.73 Å². The zero-order valence-corrected chi connectivity index (χ0v) is 18.2. The Balaban J connectivity index is 1.45. The molecule has 0 aromatic heterocycles. The van der Waals surface area contributed by atoms with Gasteiger partial charge >= 0.3 is 6.03 Å². The van der Waals surface area contributed by atoms with E-state index in [9.17, 15) is 4.79 Å². The third-order valence-corrected chi connectivity index (χ3v) is 5.38. The highest BCUT2D eigenvalue weighted by Crippen LogP contribution is 2.14. The van der Waals surface area contributed by atoms with E-state index in [1.54, 1.807) is 0 Å².